The molecule has 0 radical (unpaired) electrons. The summed E-state index contributed by atoms with van der Waals surface area (Å²) in [4.78, 5) is 19.0. The van der Waals surface area contributed by atoms with Gasteiger partial charge in [-0.1, -0.05) is 72.6 Å². The molecule has 0 amide bonds. The van der Waals surface area contributed by atoms with Crippen molar-refractivity contribution in [3.63, 3.8) is 0 Å². The maximum absolute atomic E-state index is 13.7. The maximum Gasteiger partial charge on any atom is 0.261 e. The summed E-state index contributed by atoms with van der Waals surface area (Å²) >= 11 is 28.5. The second kappa shape index (κ2) is 9.15. The molecule has 1 fully saturated rings. The second-order valence-electron chi connectivity index (χ2n) is 11.5. The van der Waals surface area contributed by atoms with Crippen LogP contribution in [0.2, 0.25) is 20.1 Å². The zero-order valence-electron chi connectivity index (χ0n) is 22.2. The Labute approximate surface area is 254 Å². The van der Waals surface area contributed by atoms with Crippen molar-refractivity contribution in [2.45, 2.75) is 64.1 Å². The summed E-state index contributed by atoms with van der Waals surface area (Å²) in [6, 6.07) is 7.71. The highest BCUT2D eigenvalue weighted by atomic mass is 35.5. The minimum absolute atomic E-state index is 0.104. The number of halogens is 4. The molecule has 2 aliphatic rings. The summed E-state index contributed by atoms with van der Waals surface area (Å²) in [5.41, 5.74) is 0.634. The number of rotatable bonds is 3. The van der Waals surface area contributed by atoms with Gasteiger partial charge >= 0.3 is 0 Å². The highest BCUT2D eigenvalue weighted by Crippen LogP contribution is 2.52. The maximum atomic E-state index is 13.7. The number of nitrogens with one attached hydrogen (secondary N) is 1. The number of hydrogen-bond donors (Lipinski definition) is 2. The smallest absolute Gasteiger partial charge is 0.261 e. The molecule has 1 aromatic heterocycles. The lowest BCUT2D eigenvalue weighted by Gasteiger charge is -2.29. The van der Waals surface area contributed by atoms with E-state index in [4.69, 9.17) is 51.4 Å². The normalized spacial score (nSPS) is 18.9. The quantitative estimate of drug-likeness (QED) is 0.152. The number of nitrogens with zero attached hydrogens (tertiary/aromatic N) is 2. The third kappa shape index (κ3) is 3.44. The molecule has 5 aromatic carbocycles. The highest BCUT2D eigenvalue weighted by molar-refractivity contribution is 6.55. The fourth-order valence-corrected chi connectivity index (χ4v) is 8.57. The van der Waals surface area contributed by atoms with E-state index in [1.165, 1.54) is 4.57 Å². The van der Waals surface area contributed by atoms with E-state index in [1.807, 2.05) is 19.1 Å². The first-order valence-electron chi connectivity index (χ1n) is 14.1. The third-order valence-electron chi connectivity index (χ3n) is 9.18. The Morgan fingerprint density at radius 2 is 1.44 bits per heavy atom. The van der Waals surface area contributed by atoms with Gasteiger partial charge in [0.05, 0.1) is 26.8 Å². The van der Waals surface area contributed by atoms with Crippen LogP contribution in [0.3, 0.4) is 0 Å². The molecule has 0 bridgehead atoms. The van der Waals surface area contributed by atoms with Crippen molar-refractivity contribution in [3.05, 3.63) is 60.1 Å². The van der Waals surface area contributed by atoms with E-state index >= 15 is 0 Å². The fraction of sp³-hybridized carbons (Fsp3) is 0.312. The second-order valence-corrected chi connectivity index (χ2v) is 13.1. The number of pyridine rings is 1. The van der Waals surface area contributed by atoms with Gasteiger partial charge in [0.1, 0.15) is 0 Å². The Bertz CT molecular complexity index is 2210. The van der Waals surface area contributed by atoms with E-state index in [1.54, 1.807) is 12.1 Å². The number of aromatic hydroxyl groups is 1. The van der Waals surface area contributed by atoms with Gasteiger partial charge in [-0.3, -0.25) is 14.4 Å². The van der Waals surface area contributed by atoms with Gasteiger partial charge < -0.3 is 10.4 Å². The average Bonchev–Trinajstić information content (AvgIpc) is 3.10. The van der Waals surface area contributed by atoms with Gasteiger partial charge in [0.25, 0.3) is 5.56 Å². The lowest BCUT2D eigenvalue weighted by atomic mass is 9.86. The SMILES string of the molecule is CCCCn1c(O)c2cc(Cl)c3c4c(Cl)cc5c6c(cc(Cl)c(c7c(Cl)cc(c1=O)c2c37)c64)NC1CCCCC1N=5. The molecule has 1 saturated carbocycles. The molecule has 208 valence electrons. The predicted molar refractivity (Wildman–Crippen MR) is 172 cm³/mol. The molecule has 2 heterocycles. The molecule has 1 aliphatic carbocycles. The molecule has 5 nitrogen and oxygen atoms in total. The van der Waals surface area contributed by atoms with Gasteiger partial charge in [0, 0.05) is 76.8 Å². The van der Waals surface area contributed by atoms with E-state index < -0.39 is 0 Å². The summed E-state index contributed by atoms with van der Waals surface area (Å²) in [6.07, 6.45) is 5.99. The Morgan fingerprint density at radius 3 is 2.15 bits per heavy atom. The van der Waals surface area contributed by atoms with E-state index in [0.717, 1.165) is 71.1 Å². The van der Waals surface area contributed by atoms with Crippen LogP contribution >= 0.6 is 46.4 Å². The Hall–Kier alpha value is -2.70. The molecule has 2 atom stereocenters. The van der Waals surface area contributed by atoms with Gasteiger partial charge in [0.15, 0.2) is 0 Å². The topological polar surface area (TPSA) is 66.6 Å². The van der Waals surface area contributed by atoms with E-state index in [0.29, 0.717) is 59.0 Å². The summed E-state index contributed by atoms with van der Waals surface area (Å²) in [5, 5.41) is 24.6. The van der Waals surface area contributed by atoms with Crippen molar-refractivity contribution in [1.29, 1.82) is 0 Å². The third-order valence-corrected chi connectivity index (χ3v) is 10.4. The van der Waals surface area contributed by atoms with Gasteiger partial charge in [-0.15, -0.1) is 0 Å². The molecule has 41 heavy (non-hydrogen) atoms. The van der Waals surface area contributed by atoms with Crippen LogP contribution in [0, 0.1) is 0 Å². The minimum atomic E-state index is -0.291. The Balaban J connectivity index is 1.64. The van der Waals surface area contributed by atoms with Gasteiger partial charge in [-0.25, -0.2) is 0 Å². The summed E-state index contributed by atoms with van der Waals surface area (Å²) in [6.45, 7) is 2.43. The molecule has 8 rings (SSSR count). The molecule has 2 N–H and O–H groups in total. The number of fused-ring (bicyclic) bond motifs is 3. The zero-order valence-corrected chi connectivity index (χ0v) is 25.2. The minimum Gasteiger partial charge on any atom is -0.494 e. The first kappa shape index (κ1) is 26.0. The van der Waals surface area contributed by atoms with Crippen LogP contribution in [-0.2, 0) is 6.54 Å². The van der Waals surface area contributed by atoms with Crippen LogP contribution < -0.4 is 16.2 Å². The number of anilines is 1. The predicted octanol–water partition coefficient (Wildman–Crippen LogP) is 9.25. The molecule has 2 unspecified atom stereocenters. The average molecular weight is 625 g/mol. The van der Waals surface area contributed by atoms with Crippen LogP contribution in [-0.4, -0.2) is 21.8 Å². The summed E-state index contributed by atoms with van der Waals surface area (Å²) in [5.74, 6) is -0.104. The number of unbranched alkanes of at least 4 members (excludes halogenated alkanes) is 1. The van der Waals surface area contributed by atoms with Crippen LogP contribution in [0.15, 0.2) is 34.1 Å². The standard InChI is InChI=1S/C32H25Cl4N3O2/c1-2-3-8-39-31(40)13-9-15(33)24-26-17(35)11-21-28-22(38-20-7-5-4-6-19(20)37-21)12-18(36)27(30(26)28)25-16(34)10-14(32(39)41)23(13)29(24)25/h9-12,19-20,37,41H,2-8H2,1H3. The largest absolute Gasteiger partial charge is 0.494 e. The first-order chi connectivity index (χ1) is 19.8. The molecule has 0 spiro atoms. The zero-order chi connectivity index (χ0) is 28.3. The molecule has 0 saturated heterocycles. The molecular weight excluding hydrogens is 600 g/mol. The number of aromatic nitrogens is 1. The molecular formula is C32H25Cl4N3O2. The van der Waals surface area contributed by atoms with E-state index in [-0.39, 0.29) is 23.5 Å². The van der Waals surface area contributed by atoms with Gasteiger partial charge in [-0.05, 0) is 43.5 Å². The van der Waals surface area contributed by atoms with Crippen molar-refractivity contribution in [2.75, 3.05) is 5.32 Å². The Morgan fingerprint density at radius 1 is 0.829 bits per heavy atom. The van der Waals surface area contributed by atoms with Crippen molar-refractivity contribution < 1.29 is 5.11 Å². The van der Waals surface area contributed by atoms with Crippen molar-refractivity contribution in [2.24, 2.45) is 4.99 Å². The summed E-state index contributed by atoms with van der Waals surface area (Å²) < 4.78 is 1.41. The van der Waals surface area contributed by atoms with Crippen LogP contribution in [0.25, 0.3) is 53.9 Å². The monoisotopic (exact) mass is 623 g/mol. The lowest BCUT2D eigenvalue weighted by molar-refractivity contribution is 0.403. The number of benzene rings is 5. The fourth-order valence-electron chi connectivity index (χ4n) is 7.38. The van der Waals surface area contributed by atoms with Crippen LogP contribution in [0.4, 0.5) is 5.69 Å². The van der Waals surface area contributed by atoms with E-state index in [9.17, 15) is 9.90 Å². The lowest BCUT2D eigenvalue weighted by Crippen LogP contribution is -2.35. The summed E-state index contributed by atoms with van der Waals surface area (Å²) in [7, 11) is 0. The van der Waals surface area contributed by atoms with Crippen molar-refractivity contribution in [1.82, 2.24) is 4.57 Å². The van der Waals surface area contributed by atoms with Crippen molar-refractivity contribution >= 4 is 106 Å². The first-order valence-corrected chi connectivity index (χ1v) is 15.6. The van der Waals surface area contributed by atoms with Crippen LogP contribution in [0.5, 0.6) is 5.88 Å². The van der Waals surface area contributed by atoms with Crippen molar-refractivity contribution in [3.8, 4) is 5.88 Å². The van der Waals surface area contributed by atoms with Gasteiger partial charge in [-0.2, -0.15) is 0 Å². The van der Waals surface area contributed by atoms with Gasteiger partial charge in [0.2, 0.25) is 5.88 Å². The molecule has 6 aromatic rings. The Kier molecular flexibility index (Phi) is 5.79. The molecule has 9 heteroatoms. The van der Waals surface area contributed by atoms with Crippen LogP contribution in [0.1, 0.15) is 45.4 Å². The van der Waals surface area contributed by atoms with E-state index in [2.05, 4.69) is 5.32 Å². The highest BCUT2D eigenvalue weighted by Gasteiger charge is 2.31. The molecule has 1 aliphatic heterocycles. The number of hydrogen-bond acceptors (Lipinski definition) is 4.